The molecule has 0 unspecified atom stereocenters. The second-order valence-corrected chi connectivity index (χ2v) is 8.19. The van der Waals surface area contributed by atoms with E-state index < -0.39 is 0 Å². The lowest BCUT2D eigenvalue weighted by atomic mass is 9.94. The highest BCUT2D eigenvalue weighted by Crippen LogP contribution is 2.24. The number of nitrogens with zero attached hydrogens (tertiary/aromatic N) is 5. The minimum absolute atomic E-state index is 0.0622. The van der Waals surface area contributed by atoms with Gasteiger partial charge in [0.05, 0.1) is 17.5 Å². The average molecular weight is 417 g/mol. The van der Waals surface area contributed by atoms with E-state index in [1.165, 1.54) is 6.20 Å². The Hall–Kier alpha value is -2.45. The van der Waals surface area contributed by atoms with E-state index in [4.69, 9.17) is 11.6 Å². The number of amides is 2. The van der Waals surface area contributed by atoms with Crippen LogP contribution >= 0.6 is 11.6 Å². The number of fused-ring (bicyclic) bond motifs is 1. The SMILES string of the molecule is CN1CCN(C(=O)c2cnn3c2C[C@H](CNC(=O)c2cc(Cl)ccn2)CC3)CC1. The average Bonchev–Trinajstić information content (AvgIpc) is 3.15. The highest BCUT2D eigenvalue weighted by Gasteiger charge is 2.29. The van der Waals surface area contributed by atoms with E-state index in [1.54, 1.807) is 18.3 Å². The van der Waals surface area contributed by atoms with Crippen LogP contribution in [0.5, 0.6) is 0 Å². The van der Waals surface area contributed by atoms with Crippen LogP contribution in [0.2, 0.25) is 5.02 Å². The molecule has 1 atom stereocenters. The van der Waals surface area contributed by atoms with Gasteiger partial charge >= 0.3 is 0 Å². The standard InChI is InChI=1S/C20H25ClN6O2/c1-25-6-8-26(9-7-25)20(29)16-13-24-27-5-3-14(10-18(16)27)12-23-19(28)17-11-15(21)2-4-22-17/h2,4,11,13-14H,3,5-10,12H2,1H3,(H,23,28)/t14-/m1/s1. The predicted molar refractivity (Wildman–Crippen MR) is 109 cm³/mol. The Morgan fingerprint density at radius 3 is 2.79 bits per heavy atom. The maximum atomic E-state index is 13.0. The fourth-order valence-electron chi connectivity index (χ4n) is 3.89. The van der Waals surface area contributed by atoms with Crippen molar-refractivity contribution in [3.8, 4) is 0 Å². The van der Waals surface area contributed by atoms with Gasteiger partial charge in [0.1, 0.15) is 5.69 Å². The van der Waals surface area contributed by atoms with Crippen LogP contribution in [0.25, 0.3) is 0 Å². The number of nitrogens with one attached hydrogen (secondary N) is 1. The molecule has 1 N–H and O–H groups in total. The second-order valence-electron chi connectivity index (χ2n) is 7.75. The zero-order valence-corrected chi connectivity index (χ0v) is 17.2. The van der Waals surface area contributed by atoms with Gasteiger partial charge in [0.25, 0.3) is 11.8 Å². The molecule has 154 valence electrons. The van der Waals surface area contributed by atoms with Gasteiger partial charge in [0.15, 0.2) is 0 Å². The van der Waals surface area contributed by atoms with Crippen LogP contribution in [-0.4, -0.2) is 76.2 Å². The molecule has 0 bridgehead atoms. The first-order chi connectivity index (χ1) is 14.0. The molecular formula is C20H25ClN6O2. The number of aromatic nitrogens is 3. The topological polar surface area (TPSA) is 83.4 Å². The van der Waals surface area contributed by atoms with Crippen LogP contribution in [-0.2, 0) is 13.0 Å². The van der Waals surface area contributed by atoms with Crippen molar-refractivity contribution in [3.05, 3.63) is 46.5 Å². The number of hydrogen-bond acceptors (Lipinski definition) is 5. The highest BCUT2D eigenvalue weighted by atomic mass is 35.5. The summed E-state index contributed by atoms with van der Waals surface area (Å²) in [5, 5.41) is 7.85. The molecular weight excluding hydrogens is 392 g/mol. The predicted octanol–water partition coefficient (Wildman–Crippen LogP) is 1.31. The van der Waals surface area contributed by atoms with Gasteiger partial charge in [-0.15, -0.1) is 0 Å². The number of rotatable bonds is 4. The molecule has 0 spiro atoms. The van der Waals surface area contributed by atoms with Crippen molar-refractivity contribution in [3.63, 3.8) is 0 Å². The molecule has 1 fully saturated rings. The molecule has 0 radical (unpaired) electrons. The number of likely N-dealkylation sites (N-methyl/N-ethyl adjacent to an activating group) is 1. The van der Waals surface area contributed by atoms with E-state index in [0.717, 1.165) is 51.3 Å². The zero-order chi connectivity index (χ0) is 20.4. The molecule has 2 aliphatic rings. The normalized spacial score (nSPS) is 19.7. The smallest absolute Gasteiger partial charge is 0.269 e. The quantitative estimate of drug-likeness (QED) is 0.812. The zero-order valence-electron chi connectivity index (χ0n) is 16.5. The first-order valence-corrected chi connectivity index (χ1v) is 10.3. The van der Waals surface area contributed by atoms with E-state index in [-0.39, 0.29) is 17.7 Å². The van der Waals surface area contributed by atoms with Crippen LogP contribution in [0.3, 0.4) is 0 Å². The molecule has 0 saturated carbocycles. The monoisotopic (exact) mass is 416 g/mol. The Labute approximate surface area is 174 Å². The minimum Gasteiger partial charge on any atom is -0.350 e. The molecule has 9 heteroatoms. The van der Waals surface area contributed by atoms with Crippen LogP contribution < -0.4 is 5.32 Å². The van der Waals surface area contributed by atoms with Crippen molar-refractivity contribution in [2.45, 2.75) is 19.4 Å². The van der Waals surface area contributed by atoms with E-state index in [9.17, 15) is 9.59 Å². The van der Waals surface area contributed by atoms with E-state index in [1.807, 2.05) is 9.58 Å². The van der Waals surface area contributed by atoms with Crippen LogP contribution in [0.15, 0.2) is 24.5 Å². The summed E-state index contributed by atoms with van der Waals surface area (Å²) in [4.78, 5) is 33.5. The number of carbonyl (C=O) groups is 2. The molecule has 0 aliphatic carbocycles. The molecule has 2 aliphatic heterocycles. The first-order valence-electron chi connectivity index (χ1n) is 9.93. The van der Waals surface area contributed by atoms with Gasteiger partial charge in [-0.05, 0) is 37.9 Å². The van der Waals surface area contributed by atoms with Crippen molar-refractivity contribution in [2.75, 3.05) is 39.8 Å². The molecule has 29 heavy (non-hydrogen) atoms. The Morgan fingerprint density at radius 2 is 2.03 bits per heavy atom. The van der Waals surface area contributed by atoms with Gasteiger partial charge in [-0.3, -0.25) is 19.3 Å². The van der Waals surface area contributed by atoms with E-state index in [0.29, 0.717) is 22.8 Å². The van der Waals surface area contributed by atoms with Crippen molar-refractivity contribution in [2.24, 2.45) is 5.92 Å². The molecule has 2 amide bonds. The number of hydrogen-bond donors (Lipinski definition) is 1. The van der Waals surface area contributed by atoms with Gasteiger partial charge in [-0.2, -0.15) is 5.10 Å². The maximum Gasteiger partial charge on any atom is 0.269 e. The third-order valence-corrected chi connectivity index (χ3v) is 5.94. The first kappa shape index (κ1) is 19.8. The number of halogens is 1. The fourth-order valence-corrected chi connectivity index (χ4v) is 4.05. The number of pyridine rings is 1. The summed E-state index contributed by atoms with van der Waals surface area (Å²) in [6, 6.07) is 3.19. The second kappa shape index (κ2) is 8.51. The van der Waals surface area contributed by atoms with Crippen molar-refractivity contribution in [1.29, 1.82) is 0 Å². The van der Waals surface area contributed by atoms with Crippen molar-refractivity contribution < 1.29 is 9.59 Å². The molecule has 2 aromatic rings. The summed E-state index contributed by atoms with van der Waals surface area (Å²) in [6.45, 7) is 4.54. The van der Waals surface area contributed by atoms with E-state index in [2.05, 4.69) is 27.3 Å². The number of piperazine rings is 1. The van der Waals surface area contributed by atoms with Crippen LogP contribution in [0, 0.1) is 5.92 Å². The summed E-state index contributed by atoms with van der Waals surface area (Å²) in [6.07, 6.45) is 4.84. The summed E-state index contributed by atoms with van der Waals surface area (Å²) in [7, 11) is 2.07. The highest BCUT2D eigenvalue weighted by molar-refractivity contribution is 6.30. The lowest BCUT2D eigenvalue weighted by Crippen LogP contribution is -2.47. The molecule has 0 aromatic carbocycles. The van der Waals surface area contributed by atoms with Gasteiger partial charge < -0.3 is 15.1 Å². The summed E-state index contributed by atoms with van der Waals surface area (Å²) in [5.41, 5.74) is 1.98. The third-order valence-electron chi connectivity index (χ3n) is 5.71. The van der Waals surface area contributed by atoms with Crippen molar-refractivity contribution in [1.82, 2.24) is 29.9 Å². The van der Waals surface area contributed by atoms with Crippen LogP contribution in [0.4, 0.5) is 0 Å². The Bertz CT molecular complexity index is 906. The Kier molecular flexibility index (Phi) is 5.82. The largest absolute Gasteiger partial charge is 0.350 e. The molecule has 8 nitrogen and oxygen atoms in total. The van der Waals surface area contributed by atoms with Crippen molar-refractivity contribution >= 4 is 23.4 Å². The van der Waals surface area contributed by atoms with Gasteiger partial charge in [0, 0.05) is 50.5 Å². The molecule has 4 heterocycles. The molecule has 1 saturated heterocycles. The van der Waals surface area contributed by atoms with E-state index >= 15 is 0 Å². The van der Waals surface area contributed by atoms with Gasteiger partial charge in [-0.1, -0.05) is 11.6 Å². The number of carbonyl (C=O) groups excluding carboxylic acids is 2. The lowest BCUT2D eigenvalue weighted by Gasteiger charge is -2.32. The lowest BCUT2D eigenvalue weighted by molar-refractivity contribution is 0.0661. The molecule has 2 aromatic heterocycles. The van der Waals surface area contributed by atoms with Gasteiger partial charge in [0.2, 0.25) is 0 Å². The molecule has 4 rings (SSSR count). The summed E-state index contributed by atoms with van der Waals surface area (Å²) < 4.78 is 1.93. The minimum atomic E-state index is -0.236. The van der Waals surface area contributed by atoms with Gasteiger partial charge in [-0.25, -0.2) is 0 Å². The Morgan fingerprint density at radius 1 is 1.24 bits per heavy atom. The Balaban J connectivity index is 1.39. The third kappa shape index (κ3) is 4.43. The summed E-state index contributed by atoms with van der Waals surface area (Å²) in [5.74, 6) is 0.0776. The van der Waals surface area contributed by atoms with Crippen LogP contribution in [0.1, 0.15) is 33.0 Å². The number of aryl methyl sites for hydroxylation is 1. The fraction of sp³-hybridized carbons (Fsp3) is 0.500. The maximum absolute atomic E-state index is 13.0. The summed E-state index contributed by atoms with van der Waals surface area (Å²) >= 11 is 5.93.